The second-order valence-electron chi connectivity index (χ2n) is 3.89. The molecule has 0 bridgehead atoms. The molecular weight excluding hydrogens is 208 g/mol. The number of hydrogen-bond donors (Lipinski definition) is 2. The number of thiol groups is 1. The van der Waals surface area contributed by atoms with Gasteiger partial charge in [0.1, 0.15) is 0 Å². The monoisotopic (exact) mass is 234 g/mol. The highest BCUT2D eigenvalue weighted by molar-refractivity contribution is 7.80. The molecule has 0 heterocycles. The van der Waals surface area contributed by atoms with Crippen molar-refractivity contribution in [2.24, 2.45) is 0 Å². The first-order chi connectivity index (χ1) is 7.41. The van der Waals surface area contributed by atoms with Gasteiger partial charge in [0, 0.05) is 19.8 Å². The molecule has 2 nitrogen and oxygen atoms in total. The standard InChI is InChI=1S/C12H26O2S/c13-9-5-1-2-6-10-14-11-7-3-4-8-12-15/h13,15H,1-12H2. The second-order valence-corrected chi connectivity index (χ2v) is 4.34. The summed E-state index contributed by atoms with van der Waals surface area (Å²) in [6.07, 6.45) is 9.34. The lowest BCUT2D eigenvalue weighted by Crippen LogP contribution is -1.97. The van der Waals surface area contributed by atoms with E-state index in [9.17, 15) is 0 Å². The largest absolute Gasteiger partial charge is 0.396 e. The molecule has 0 aliphatic rings. The summed E-state index contributed by atoms with van der Waals surface area (Å²) >= 11 is 4.17. The molecule has 0 amide bonds. The Kier molecular flexibility index (Phi) is 14.5. The zero-order valence-corrected chi connectivity index (χ0v) is 10.7. The minimum Gasteiger partial charge on any atom is -0.396 e. The lowest BCUT2D eigenvalue weighted by atomic mass is 10.2. The average Bonchev–Trinajstić information content (AvgIpc) is 2.26. The molecule has 0 spiro atoms. The van der Waals surface area contributed by atoms with Gasteiger partial charge in [-0.25, -0.2) is 0 Å². The van der Waals surface area contributed by atoms with Crippen LogP contribution >= 0.6 is 12.6 Å². The number of rotatable bonds is 12. The summed E-state index contributed by atoms with van der Waals surface area (Å²) in [5.41, 5.74) is 0. The fourth-order valence-electron chi connectivity index (χ4n) is 1.44. The third-order valence-corrected chi connectivity index (χ3v) is 2.71. The zero-order chi connectivity index (χ0) is 11.2. The smallest absolute Gasteiger partial charge is 0.0466 e. The normalized spacial score (nSPS) is 10.8. The highest BCUT2D eigenvalue weighted by Gasteiger charge is 1.92. The summed E-state index contributed by atoms with van der Waals surface area (Å²) in [6, 6.07) is 0. The van der Waals surface area contributed by atoms with Gasteiger partial charge in [0.15, 0.2) is 0 Å². The van der Waals surface area contributed by atoms with Crippen molar-refractivity contribution in [3.63, 3.8) is 0 Å². The van der Waals surface area contributed by atoms with Crippen LogP contribution in [0.5, 0.6) is 0 Å². The van der Waals surface area contributed by atoms with Crippen molar-refractivity contribution in [1.82, 2.24) is 0 Å². The molecule has 1 N–H and O–H groups in total. The van der Waals surface area contributed by atoms with E-state index in [2.05, 4.69) is 12.6 Å². The molecule has 0 rings (SSSR count). The Morgan fingerprint density at radius 2 is 1.27 bits per heavy atom. The topological polar surface area (TPSA) is 29.5 Å². The molecule has 0 aliphatic carbocycles. The van der Waals surface area contributed by atoms with Crippen molar-refractivity contribution in [3.8, 4) is 0 Å². The first kappa shape index (κ1) is 15.3. The van der Waals surface area contributed by atoms with Gasteiger partial charge in [0.05, 0.1) is 0 Å². The Hall–Kier alpha value is 0.270. The van der Waals surface area contributed by atoms with Crippen LogP contribution in [-0.4, -0.2) is 30.7 Å². The number of aliphatic hydroxyl groups is 1. The lowest BCUT2D eigenvalue weighted by Gasteiger charge is -2.03. The molecule has 0 saturated carbocycles. The minimum absolute atomic E-state index is 0.325. The van der Waals surface area contributed by atoms with Crippen LogP contribution < -0.4 is 0 Å². The fourth-order valence-corrected chi connectivity index (χ4v) is 1.66. The Morgan fingerprint density at radius 3 is 1.80 bits per heavy atom. The molecule has 0 fully saturated rings. The van der Waals surface area contributed by atoms with Crippen LogP contribution in [0.4, 0.5) is 0 Å². The van der Waals surface area contributed by atoms with Gasteiger partial charge in [-0.3, -0.25) is 0 Å². The van der Waals surface area contributed by atoms with E-state index in [0.29, 0.717) is 6.61 Å². The minimum atomic E-state index is 0.325. The summed E-state index contributed by atoms with van der Waals surface area (Å²) in [6.45, 7) is 2.12. The Balaban J connectivity index is 2.81. The van der Waals surface area contributed by atoms with E-state index in [1.807, 2.05) is 0 Å². The number of hydrogen-bond acceptors (Lipinski definition) is 3. The zero-order valence-electron chi connectivity index (χ0n) is 9.79. The van der Waals surface area contributed by atoms with Gasteiger partial charge in [0.25, 0.3) is 0 Å². The molecule has 0 aromatic rings. The maximum atomic E-state index is 8.57. The third kappa shape index (κ3) is 14.3. The van der Waals surface area contributed by atoms with Crippen LogP contribution in [0.15, 0.2) is 0 Å². The van der Waals surface area contributed by atoms with E-state index in [4.69, 9.17) is 9.84 Å². The first-order valence-electron chi connectivity index (χ1n) is 6.21. The first-order valence-corrected chi connectivity index (χ1v) is 6.84. The number of aliphatic hydroxyl groups excluding tert-OH is 1. The van der Waals surface area contributed by atoms with Crippen molar-refractivity contribution >= 4 is 12.6 Å². The van der Waals surface area contributed by atoms with Gasteiger partial charge in [-0.2, -0.15) is 12.6 Å². The van der Waals surface area contributed by atoms with E-state index in [0.717, 1.165) is 38.2 Å². The molecule has 3 heteroatoms. The summed E-state index contributed by atoms with van der Waals surface area (Å²) in [5.74, 6) is 1.01. The molecule has 0 aliphatic heterocycles. The molecule has 0 aromatic heterocycles. The van der Waals surface area contributed by atoms with Gasteiger partial charge in [-0.15, -0.1) is 0 Å². The Morgan fingerprint density at radius 1 is 0.733 bits per heavy atom. The highest BCUT2D eigenvalue weighted by Crippen LogP contribution is 2.02. The SMILES string of the molecule is OCCCCCCOCCCCCCS. The van der Waals surface area contributed by atoms with E-state index in [1.54, 1.807) is 0 Å². The average molecular weight is 234 g/mol. The van der Waals surface area contributed by atoms with Crippen LogP contribution in [0.25, 0.3) is 0 Å². The van der Waals surface area contributed by atoms with Gasteiger partial charge in [-0.1, -0.05) is 25.7 Å². The third-order valence-electron chi connectivity index (χ3n) is 2.39. The van der Waals surface area contributed by atoms with E-state index >= 15 is 0 Å². The Bertz CT molecular complexity index is 97.8. The molecule has 0 unspecified atom stereocenters. The van der Waals surface area contributed by atoms with Gasteiger partial charge >= 0.3 is 0 Å². The van der Waals surface area contributed by atoms with Gasteiger partial charge in [-0.05, 0) is 31.4 Å². The van der Waals surface area contributed by atoms with Gasteiger partial charge in [0.2, 0.25) is 0 Å². The van der Waals surface area contributed by atoms with E-state index < -0.39 is 0 Å². The van der Waals surface area contributed by atoms with Crippen molar-refractivity contribution in [2.45, 2.75) is 51.4 Å². The van der Waals surface area contributed by atoms with Crippen molar-refractivity contribution < 1.29 is 9.84 Å². The molecular formula is C12H26O2S. The van der Waals surface area contributed by atoms with Crippen molar-refractivity contribution in [2.75, 3.05) is 25.6 Å². The molecule has 0 aromatic carbocycles. The second kappa shape index (κ2) is 14.3. The van der Waals surface area contributed by atoms with Gasteiger partial charge < -0.3 is 9.84 Å². The van der Waals surface area contributed by atoms with Crippen LogP contribution in [-0.2, 0) is 4.74 Å². The van der Waals surface area contributed by atoms with E-state index in [-0.39, 0.29) is 0 Å². The lowest BCUT2D eigenvalue weighted by molar-refractivity contribution is 0.125. The summed E-state index contributed by atoms with van der Waals surface area (Å²) in [7, 11) is 0. The molecule has 0 radical (unpaired) electrons. The van der Waals surface area contributed by atoms with Crippen molar-refractivity contribution in [3.05, 3.63) is 0 Å². The van der Waals surface area contributed by atoms with Crippen LogP contribution in [0.2, 0.25) is 0 Å². The predicted molar refractivity (Wildman–Crippen MR) is 68.7 cm³/mol. The molecule has 92 valence electrons. The van der Waals surface area contributed by atoms with Crippen LogP contribution in [0.1, 0.15) is 51.4 Å². The predicted octanol–water partition coefficient (Wildman–Crippen LogP) is 3.05. The molecule has 0 saturated heterocycles. The van der Waals surface area contributed by atoms with E-state index in [1.165, 1.54) is 32.1 Å². The molecule has 0 atom stereocenters. The van der Waals surface area contributed by atoms with Crippen LogP contribution in [0.3, 0.4) is 0 Å². The van der Waals surface area contributed by atoms with Crippen molar-refractivity contribution in [1.29, 1.82) is 0 Å². The van der Waals surface area contributed by atoms with Crippen LogP contribution in [0, 0.1) is 0 Å². The maximum Gasteiger partial charge on any atom is 0.0466 e. The summed E-state index contributed by atoms with van der Waals surface area (Å²) in [4.78, 5) is 0. The highest BCUT2D eigenvalue weighted by atomic mass is 32.1. The summed E-state index contributed by atoms with van der Waals surface area (Å²) in [5, 5.41) is 8.57. The number of ether oxygens (including phenoxy) is 1. The number of unbranched alkanes of at least 4 members (excludes halogenated alkanes) is 6. The fraction of sp³-hybridized carbons (Fsp3) is 1.00. The summed E-state index contributed by atoms with van der Waals surface area (Å²) < 4.78 is 5.51. The molecule has 15 heavy (non-hydrogen) atoms. The maximum absolute atomic E-state index is 8.57. The Labute approximate surface area is 99.8 Å². The quantitative estimate of drug-likeness (QED) is 0.401.